The van der Waals surface area contributed by atoms with Crippen molar-refractivity contribution in [3.8, 4) is 0 Å². The van der Waals surface area contributed by atoms with E-state index in [0.717, 1.165) is 0 Å². The lowest BCUT2D eigenvalue weighted by molar-refractivity contribution is -0.150. The van der Waals surface area contributed by atoms with Crippen LogP contribution in [0.2, 0.25) is 0 Å². The summed E-state index contributed by atoms with van der Waals surface area (Å²) in [7, 11) is 0. The van der Waals surface area contributed by atoms with Gasteiger partial charge in [-0.2, -0.15) is 0 Å². The number of esters is 1. The molecule has 16 heavy (non-hydrogen) atoms. The van der Waals surface area contributed by atoms with Crippen molar-refractivity contribution in [1.29, 1.82) is 0 Å². The molecule has 92 valence electrons. The molecule has 1 rings (SSSR count). The highest BCUT2D eigenvalue weighted by atomic mass is 16.6. The lowest BCUT2D eigenvalue weighted by Crippen LogP contribution is -2.27. The first-order valence-corrected chi connectivity index (χ1v) is 5.49. The van der Waals surface area contributed by atoms with E-state index in [1.54, 1.807) is 27.7 Å². The van der Waals surface area contributed by atoms with Crippen LogP contribution in [0.5, 0.6) is 0 Å². The molecule has 0 spiro atoms. The zero-order valence-corrected chi connectivity index (χ0v) is 10.3. The van der Waals surface area contributed by atoms with Gasteiger partial charge in [-0.15, -0.1) is 0 Å². The van der Waals surface area contributed by atoms with Crippen LogP contribution in [0.4, 0.5) is 0 Å². The predicted octanol–water partition coefficient (Wildman–Crippen LogP) is 1.02. The van der Waals surface area contributed by atoms with Gasteiger partial charge in [0.05, 0.1) is 12.7 Å². The van der Waals surface area contributed by atoms with Gasteiger partial charge in [-0.3, -0.25) is 0 Å². The summed E-state index contributed by atoms with van der Waals surface area (Å²) in [6.07, 6.45) is -0.239. The van der Waals surface area contributed by atoms with E-state index >= 15 is 0 Å². The lowest BCUT2D eigenvalue weighted by atomic mass is 10.0. The van der Waals surface area contributed by atoms with Crippen molar-refractivity contribution in [2.24, 2.45) is 5.92 Å². The number of carbonyl (C=O) groups is 1. The Morgan fingerprint density at radius 1 is 1.50 bits per heavy atom. The molecule has 0 bridgehead atoms. The van der Waals surface area contributed by atoms with Gasteiger partial charge in [-0.1, -0.05) is 0 Å². The maximum Gasteiger partial charge on any atom is 0.334 e. The number of aliphatic hydroxyl groups is 2. The lowest BCUT2D eigenvalue weighted by Gasteiger charge is -2.21. The van der Waals surface area contributed by atoms with Crippen molar-refractivity contribution in [2.45, 2.75) is 45.8 Å². The summed E-state index contributed by atoms with van der Waals surface area (Å²) >= 11 is 0. The molecule has 0 saturated carbocycles. The maximum atomic E-state index is 11.9. The van der Waals surface area contributed by atoms with E-state index in [0.29, 0.717) is 17.6 Å². The summed E-state index contributed by atoms with van der Waals surface area (Å²) in [5, 5.41) is 18.8. The second-order valence-corrected chi connectivity index (χ2v) is 5.23. The van der Waals surface area contributed by atoms with E-state index in [1.807, 2.05) is 0 Å². The van der Waals surface area contributed by atoms with Crippen LogP contribution in [-0.4, -0.2) is 34.5 Å². The third-order valence-electron chi connectivity index (χ3n) is 2.68. The van der Waals surface area contributed by atoms with Crippen molar-refractivity contribution in [3.05, 3.63) is 11.1 Å². The average molecular weight is 228 g/mol. The first kappa shape index (κ1) is 13.2. The zero-order valence-electron chi connectivity index (χ0n) is 10.3. The Hall–Kier alpha value is -0.870. The van der Waals surface area contributed by atoms with E-state index in [4.69, 9.17) is 9.84 Å². The monoisotopic (exact) mass is 228 g/mol. The second kappa shape index (κ2) is 4.55. The van der Waals surface area contributed by atoms with E-state index in [-0.39, 0.29) is 12.5 Å². The molecule has 0 fully saturated rings. The van der Waals surface area contributed by atoms with Gasteiger partial charge in [0.2, 0.25) is 0 Å². The molecule has 2 N–H and O–H groups in total. The molecule has 2 atom stereocenters. The van der Waals surface area contributed by atoms with Gasteiger partial charge >= 0.3 is 5.97 Å². The van der Waals surface area contributed by atoms with Gasteiger partial charge in [0.15, 0.2) is 0 Å². The molecule has 0 heterocycles. The largest absolute Gasteiger partial charge is 0.457 e. The number of hydrogen-bond acceptors (Lipinski definition) is 4. The van der Waals surface area contributed by atoms with E-state index in [1.165, 1.54) is 0 Å². The third kappa shape index (κ3) is 2.83. The van der Waals surface area contributed by atoms with Crippen molar-refractivity contribution >= 4 is 5.97 Å². The van der Waals surface area contributed by atoms with Crippen LogP contribution in [0.15, 0.2) is 11.1 Å². The van der Waals surface area contributed by atoms with Crippen molar-refractivity contribution in [2.75, 3.05) is 6.61 Å². The second-order valence-electron chi connectivity index (χ2n) is 5.23. The van der Waals surface area contributed by atoms with E-state index < -0.39 is 17.7 Å². The standard InChI is InChI=1S/C12H20O4/c1-7-9(14)5-8(6-13)10(7)11(15)16-12(2,3)4/h8-9,13-14H,5-6H2,1-4H3/t8-,9-/m1/s1. The molecule has 4 nitrogen and oxygen atoms in total. The van der Waals surface area contributed by atoms with Gasteiger partial charge in [-0.25, -0.2) is 4.79 Å². The predicted molar refractivity (Wildman–Crippen MR) is 59.7 cm³/mol. The Morgan fingerprint density at radius 3 is 2.50 bits per heavy atom. The fourth-order valence-corrected chi connectivity index (χ4v) is 1.89. The molecular formula is C12H20O4. The van der Waals surface area contributed by atoms with Gasteiger partial charge in [-0.05, 0) is 39.7 Å². The maximum absolute atomic E-state index is 11.9. The van der Waals surface area contributed by atoms with Gasteiger partial charge in [0.25, 0.3) is 0 Å². The zero-order chi connectivity index (χ0) is 12.5. The molecule has 1 aliphatic carbocycles. The Bertz CT molecular complexity index is 311. The van der Waals surface area contributed by atoms with Crippen LogP contribution in [0.3, 0.4) is 0 Å². The van der Waals surface area contributed by atoms with Crippen LogP contribution in [0.25, 0.3) is 0 Å². The molecule has 0 radical (unpaired) electrons. The quantitative estimate of drug-likeness (QED) is 0.692. The molecule has 0 aliphatic heterocycles. The topological polar surface area (TPSA) is 66.8 Å². The number of hydrogen-bond donors (Lipinski definition) is 2. The number of ether oxygens (including phenoxy) is 1. The number of carbonyl (C=O) groups excluding carboxylic acids is 1. The molecule has 0 unspecified atom stereocenters. The van der Waals surface area contributed by atoms with Crippen molar-refractivity contribution in [3.63, 3.8) is 0 Å². The molecule has 0 aromatic heterocycles. The summed E-state index contributed by atoms with van der Waals surface area (Å²) in [5.41, 5.74) is 0.496. The highest BCUT2D eigenvalue weighted by Crippen LogP contribution is 2.33. The van der Waals surface area contributed by atoms with Gasteiger partial charge < -0.3 is 14.9 Å². The third-order valence-corrected chi connectivity index (χ3v) is 2.68. The van der Waals surface area contributed by atoms with Crippen LogP contribution in [0.1, 0.15) is 34.1 Å². The molecule has 1 aliphatic rings. The number of rotatable bonds is 2. The Labute approximate surface area is 95.9 Å². The Balaban J connectivity index is 2.88. The first-order valence-electron chi connectivity index (χ1n) is 5.49. The van der Waals surface area contributed by atoms with Gasteiger partial charge in [0, 0.05) is 11.5 Å². The minimum Gasteiger partial charge on any atom is -0.457 e. The smallest absolute Gasteiger partial charge is 0.334 e. The Morgan fingerprint density at radius 2 is 2.06 bits per heavy atom. The minimum absolute atomic E-state index is 0.136. The fourth-order valence-electron chi connectivity index (χ4n) is 1.89. The highest BCUT2D eigenvalue weighted by Gasteiger charge is 2.35. The van der Waals surface area contributed by atoms with Crippen molar-refractivity contribution < 1.29 is 19.7 Å². The molecule has 0 aromatic carbocycles. The van der Waals surface area contributed by atoms with Crippen LogP contribution in [-0.2, 0) is 9.53 Å². The summed E-state index contributed by atoms with van der Waals surface area (Å²) < 4.78 is 5.25. The summed E-state index contributed by atoms with van der Waals surface area (Å²) in [4.78, 5) is 11.9. The van der Waals surface area contributed by atoms with Crippen LogP contribution in [0, 0.1) is 5.92 Å². The summed E-state index contributed by atoms with van der Waals surface area (Å²) in [6.45, 7) is 6.95. The molecule has 0 amide bonds. The van der Waals surface area contributed by atoms with E-state index in [2.05, 4.69) is 0 Å². The highest BCUT2D eigenvalue weighted by molar-refractivity contribution is 5.91. The SMILES string of the molecule is CC1=C(C(=O)OC(C)(C)C)[C@@H](CO)C[C@H]1O. The Kier molecular flexibility index (Phi) is 3.76. The first-order chi connectivity index (χ1) is 7.26. The molecule has 0 saturated heterocycles. The molecule has 0 aromatic rings. The van der Waals surface area contributed by atoms with Gasteiger partial charge in [0.1, 0.15) is 5.60 Å². The summed E-state index contributed by atoms with van der Waals surface area (Å²) in [6, 6.07) is 0. The minimum atomic E-state index is -0.639. The van der Waals surface area contributed by atoms with Crippen LogP contribution < -0.4 is 0 Å². The summed E-state index contributed by atoms with van der Waals surface area (Å²) in [5.74, 6) is -0.731. The van der Waals surface area contributed by atoms with Crippen LogP contribution >= 0.6 is 0 Å². The van der Waals surface area contributed by atoms with Crippen molar-refractivity contribution in [1.82, 2.24) is 0 Å². The van der Waals surface area contributed by atoms with E-state index in [9.17, 15) is 9.90 Å². The normalized spacial score (nSPS) is 26.1. The average Bonchev–Trinajstić information content (AvgIpc) is 2.40. The molecule has 4 heteroatoms. The number of aliphatic hydroxyl groups excluding tert-OH is 2. The molecular weight excluding hydrogens is 208 g/mol. The fraction of sp³-hybridized carbons (Fsp3) is 0.750.